The lowest BCUT2D eigenvalue weighted by Crippen LogP contribution is -2.52. The van der Waals surface area contributed by atoms with E-state index in [2.05, 4.69) is 33.9 Å². The van der Waals surface area contributed by atoms with Crippen LogP contribution in [0.15, 0.2) is 11.6 Å². The molecule has 3 atom stereocenters. The van der Waals surface area contributed by atoms with Crippen LogP contribution in [0, 0.1) is 0 Å². The zero-order valence-corrected chi connectivity index (χ0v) is 16.0. The molecule has 1 aliphatic carbocycles. The molecule has 23 heavy (non-hydrogen) atoms. The molecule has 0 saturated heterocycles. The largest absolute Gasteiger partial charge is 0.466 e. The van der Waals surface area contributed by atoms with Gasteiger partial charge in [0, 0.05) is 18.9 Å². The molecule has 0 aromatic heterocycles. The van der Waals surface area contributed by atoms with E-state index in [1.807, 2.05) is 0 Å². The summed E-state index contributed by atoms with van der Waals surface area (Å²) in [6.45, 7) is 11.7. The first-order chi connectivity index (χ1) is 10.4. The normalized spacial score (nSPS) is 25.6. The fourth-order valence-electron chi connectivity index (χ4n) is 2.16. The summed E-state index contributed by atoms with van der Waals surface area (Å²) in [5.41, 5.74) is 0.354. The highest BCUT2D eigenvalue weighted by atomic mass is 28.4. The van der Waals surface area contributed by atoms with Gasteiger partial charge in [-0.2, -0.15) is 0 Å². The molecule has 7 heteroatoms. The quantitative estimate of drug-likeness (QED) is 0.622. The Labute approximate surface area is 138 Å². The Morgan fingerprint density at radius 2 is 1.87 bits per heavy atom. The first-order valence-corrected chi connectivity index (χ1v) is 10.6. The molecule has 1 aliphatic rings. The third-order valence-corrected chi connectivity index (χ3v) is 9.01. The van der Waals surface area contributed by atoms with Gasteiger partial charge in [-0.1, -0.05) is 20.8 Å². The number of carbonyl (C=O) groups is 2. The average Bonchev–Trinajstić information content (AvgIpc) is 2.40. The Bertz CT molecular complexity index is 491. The third-order valence-electron chi connectivity index (χ3n) is 4.51. The topological polar surface area (TPSA) is 82.1 Å². The molecular weight excluding hydrogens is 316 g/mol. The molecule has 0 spiro atoms. The minimum atomic E-state index is -2.16. The van der Waals surface area contributed by atoms with Gasteiger partial charge in [-0.25, -0.2) is 4.79 Å². The lowest BCUT2D eigenvalue weighted by atomic mass is 9.92. The molecular formula is C16H28O6Si. The molecule has 0 bridgehead atoms. The molecule has 1 N–H and O–H groups in total. The van der Waals surface area contributed by atoms with E-state index in [0.29, 0.717) is 5.57 Å². The van der Waals surface area contributed by atoms with Gasteiger partial charge in [0.15, 0.2) is 8.32 Å². The highest BCUT2D eigenvalue weighted by Gasteiger charge is 2.44. The van der Waals surface area contributed by atoms with Crippen molar-refractivity contribution < 1.29 is 28.6 Å². The lowest BCUT2D eigenvalue weighted by molar-refractivity contribution is -0.154. The van der Waals surface area contributed by atoms with E-state index in [1.54, 1.807) is 0 Å². The molecule has 0 unspecified atom stereocenters. The SMILES string of the molecule is COC(=O)C1=C[C@H](OC(C)=O)[C@@H](O)[C@H](O[Si](C)(C)C(C)(C)C)C1. The summed E-state index contributed by atoms with van der Waals surface area (Å²) in [5, 5.41) is 10.5. The summed E-state index contributed by atoms with van der Waals surface area (Å²) in [6, 6.07) is 0. The van der Waals surface area contributed by atoms with E-state index < -0.39 is 38.6 Å². The molecule has 0 saturated carbocycles. The van der Waals surface area contributed by atoms with Crippen molar-refractivity contribution >= 4 is 20.3 Å². The van der Waals surface area contributed by atoms with Crippen molar-refractivity contribution in [3.05, 3.63) is 11.6 Å². The summed E-state index contributed by atoms with van der Waals surface area (Å²) in [6.07, 6.45) is -0.854. The number of hydrogen-bond acceptors (Lipinski definition) is 6. The summed E-state index contributed by atoms with van der Waals surface area (Å²) in [4.78, 5) is 23.1. The van der Waals surface area contributed by atoms with Crippen LogP contribution in [0.5, 0.6) is 0 Å². The molecule has 0 heterocycles. The fraction of sp³-hybridized carbons (Fsp3) is 0.750. The molecule has 0 aromatic carbocycles. The molecule has 0 radical (unpaired) electrons. The number of esters is 2. The van der Waals surface area contributed by atoms with Crippen LogP contribution in [0.4, 0.5) is 0 Å². The molecule has 0 aromatic rings. The van der Waals surface area contributed by atoms with E-state index in [-0.39, 0.29) is 11.5 Å². The first kappa shape index (κ1) is 19.9. The Hall–Kier alpha value is -1.18. The number of ether oxygens (including phenoxy) is 2. The number of hydrogen-bond donors (Lipinski definition) is 1. The Morgan fingerprint density at radius 3 is 2.30 bits per heavy atom. The highest BCUT2D eigenvalue weighted by molar-refractivity contribution is 6.74. The van der Waals surface area contributed by atoms with Crippen molar-refractivity contribution in [2.45, 2.75) is 70.6 Å². The van der Waals surface area contributed by atoms with Gasteiger partial charge in [0.25, 0.3) is 0 Å². The predicted molar refractivity (Wildman–Crippen MR) is 88.3 cm³/mol. The third kappa shape index (κ3) is 4.89. The summed E-state index contributed by atoms with van der Waals surface area (Å²) < 4.78 is 16.1. The van der Waals surface area contributed by atoms with Crippen LogP contribution in [0.25, 0.3) is 0 Å². The zero-order chi connectivity index (χ0) is 18.0. The highest BCUT2D eigenvalue weighted by Crippen LogP contribution is 2.39. The van der Waals surface area contributed by atoms with Crippen LogP contribution in [-0.4, -0.2) is 50.8 Å². The van der Waals surface area contributed by atoms with Crippen LogP contribution in [0.3, 0.4) is 0 Å². The van der Waals surface area contributed by atoms with Crippen molar-refractivity contribution in [1.82, 2.24) is 0 Å². The molecule has 0 amide bonds. The van der Waals surface area contributed by atoms with Crippen molar-refractivity contribution in [2.75, 3.05) is 7.11 Å². The van der Waals surface area contributed by atoms with Gasteiger partial charge in [0.05, 0.1) is 13.2 Å². The van der Waals surface area contributed by atoms with Crippen molar-refractivity contribution in [3.63, 3.8) is 0 Å². The van der Waals surface area contributed by atoms with Crippen molar-refractivity contribution in [1.29, 1.82) is 0 Å². The molecule has 0 aliphatic heterocycles. The van der Waals surface area contributed by atoms with Gasteiger partial charge in [0.2, 0.25) is 0 Å². The minimum absolute atomic E-state index is 0.0454. The maximum atomic E-state index is 11.9. The smallest absolute Gasteiger partial charge is 0.333 e. The first-order valence-electron chi connectivity index (χ1n) is 7.71. The maximum Gasteiger partial charge on any atom is 0.333 e. The molecule has 1 rings (SSSR count). The molecule has 132 valence electrons. The van der Waals surface area contributed by atoms with Gasteiger partial charge < -0.3 is 19.0 Å². The maximum absolute atomic E-state index is 11.9. The average molecular weight is 344 g/mol. The van der Waals surface area contributed by atoms with Crippen LogP contribution in [-0.2, 0) is 23.5 Å². The van der Waals surface area contributed by atoms with Crippen molar-refractivity contribution in [3.8, 4) is 0 Å². The summed E-state index contributed by atoms with van der Waals surface area (Å²) in [7, 11) is -0.868. The van der Waals surface area contributed by atoms with E-state index in [0.717, 1.165) is 0 Å². The van der Waals surface area contributed by atoms with Gasteiger partial charge in [-0.3, -0.25) is 4.79 Å². The van der Waals surface area contributed by atoms with E-state index in [9.17, 15) is 14.7 Å². The number of aliphatic hydroxyl groups excluding tert-OH is 1. The summed E-state index contributed by atoms with van der Waals surface area (Å²) >= 11 is 0. The Kier molecular flexibility index (Phi) is 6.17. The fourth-order valence-corrected chi connectivity index (χ4v) is 3.49. The van der Waals surface area contributed by atoms with E-state index in [4.69, 9.17) is 13.9 Å². The van der Waals surface area contributed by atoms with Crippen LogP contribution < -0.4 is 0 Å². The van der Waals surface area contributed by atoms with Gasteiger partial charge >= 0.3 is 11.9 Å². The van der Waals surface area contributed by atoms with Gasteiger partial charge in [-0.05, 0) is 24.2 Å². The number of carbonyl (C=O) groups excluding carboxylic acids is 2. The second-order valence-corrected chi connectivity index (χ2v) is 12.1. The van der Waals surface area contributed by atoms with Crippen LogP contribution in [0.2, 0.25) is 18.1 Å². The monoisotopic (exact) mass is 344 g/mol. The van der Waals surface area contributed by atoms with Gasteiger partial charge in [-0.15, -0.1) is 0 Å². The number of aliphatic hydroxyl groups is 1. The molecule has 0 fully saturated rings. The predicted octanol–water partition coefficient (Wildman–Crippen LogP) is 2.17. The van der Waals surface area contributed by atoms with E-state index >= 15 is 0 Å². The second kappa shape index (κ2) is 7.15. The number of rotatable bonds is 4. The lowest BCUT2D eigenvalue weighted by Gasteiger charge is -2.42. The Morgan fingerprint density at radius 1 is 1.30 bits per heavy atom. The Balaban J connectivity index is 3.07. The summed E-state index contributed by atoms with van der Waals surface area (Å²) in [5.74, 6) is -1.03. The van der Waals surface area contributed by atoms with Gasteiger partial charge in [0.1, 0.15) is 12.2 Å². The second-order valence-electron chi connectivity index (χ2n) is 7.37. The van der Waals surface area contributed by atoms with E-state index in [1.165, 1.54) is 20.1 Å². The number of methoxy groups -OCH3 is 1. The standard InChI is InChI=1S/C16H28O6Si/c1-10(17)21-12-8-11(15(19)20-5)9-13(14(12)18)22-23(6,7)16(2,3)4/h8,12-14,18H,9H2,1-7H3/t12-,13+,14+/m0/s1. The minimum Gasteiger partial charge on any atom is -0.466 e. The van der Waals surface area contributed by atoms with Crippen molar-refractivity contribution in [2.24, 2.45) is 0 Å². The van der Waals surface area contributed by atoms with Crippen LogP contribution >= 0.6 is 0 Å². The zero-order valence-electron chi connectivity index (χ0n) is 15.0. The van der Waals surface area contributed by atoms with Crippen LogP contribution in [0.1, 0.15) is 34.1 Å². The molecule has 6 nitrogen and oxygen atoms in total.